The largest absolute Gasteiger partial charge is 0.480 e. The van der Waals surface area contributed by atoms with Crippen LogP contribution < -0.4 is 16.4 Å². The Morgan fingerprint density at radius 2 is 1.62 bits per heavy atom. The summed E-state index contributed by atoms with van der Waals surface area (Å²) in [5.41, 5.74) is 5.51. The highest BCUT2D eigenvalue weighted by Crippen LogP contribution is 2.09. The van der Waals surface area contributed by atoms with Crippen molar-refractivity contribution in [3.8, 4) is 0 Å². The van der Waals surface area contributed by atoms with Gasteiger partial charge >= 0.3 is 5.97 Å². The molecule has 2 amide bonds. The van der Waals surface area contributed by atoms with E-state index in [-0.39, 0.29) is 5.92 Å². The molecule has 0 radical (unpaired) electrons. The van der Waals surface area contributed by atoms with E-state index in [1.54, 1.807) is 6.92 Å². The van der Waals surface area contributed by atoms with Gasteiger partial charge in [0.05, 0.1) is 6.10 Å². The number of carbonyl (C=O) groups excluding carboxylic acids is 2. The van der Waals surface area contributed by atoms with Gasteiger partial charge in [-0.3, -0.25) is 14.4 Å². The summed E-state index contributed by atoms with van der Waals surface area (Å²) in [4.78, 5) is 34.7. The van der Waals surface area contributed by atoms with Crippen LogP contribution in [0.4, 0.5) is 0 Å². The van der Waals surface area contributed by atoms with Crippen LogP contribution >= 0.6 is 0 Å². The minimum atomic E-state index is -1.17. The number of aliphatic hydroxyl groups excluding tert-OH is 1. The van der Waals surface area contributed by atoms with Gasteiger partial charge in [-0.25, -0.2) is 0 Å². The molecule has 0 aromatic rings. The van der Waals surface area contributed by atoms with E-state index < -0.39 is 42.0 Å². The van der Waals surface area contributed by atoms with Crippen molar-refractivity contribution in [2.45, 2.75) is 58.3 Å². The lowest BCUT2D eigenvalue weighted by Crippen LogP contribution is -2.57. The number of hydrogen-bond donors (Lipinski definition) is 5. The predicted molar refractivity (Wildman–Crippen MR) is 76.3 cm³/mol. The highest BCUT2D eigenvalue weighted by Gasteiger charge is 2.30. The minimum Gasteiger partial charge on any atom is -0.480 e. The number of nitrogens with one attached hydrogen (secondary N) is 2. The van der Waals surface area contributed by atoms with Crippen LogP contribution in [-0.4, -0.2) is 52.2 Å². The highest BCUT2D eigenvalue weighted by molar-refractivity contribution is 5.92. The van der Waals surface area contributed by atoms with Crippen molar-refractivity contribution in [2.24, 2.45) is 11.7 Å². The Balaban J connectivity index is 4.92. The van der Waals surface area contributed by atoms with Gasteiger partial charge in [-0.2, -0.15) is 0 Å². The second kappa shape index (κ2) is 8.58. The van der Waals surface area contributed by atoms with Gasteiger partial charge in [0.2, 0.25) is 11.8 Å². The maximum Gasteiger partial charge on any atom is 0.325 e. The third-order valence-electron chi connectivity index (χ3n) is 3.34. The van der Waals surface area contributed by atoms with E-state index in [0.717, 1.165) is 0 Å². The molecule has 0 saturated carbocycles. The van der Waals surface area contributed by atoms with Gasteiger partial charge in [0, 0.05) is 0 Å². The summed E-state index contributed by atoms with van der Waals surface area (Å²) in [6.07, 6.45) is -0.451. The molecular formula is C13H25N3O5. The van der Waals surface area contributed by atoms with E-state index in [4.69, 9.17) is 10.8 Å². The Morgan fingerprint density at radius 1 is 1.10 bits per heavy atom. The Hall–Kier alpha value is -1.67. The molecule has 0 fully saturated rings. The number of carboxylic acids is 1. The quantitative estimate of drug-likeness (QED) is 0.382. The fraction of sp³-hybridized carbons (Fsp3) is 0.769. The van der Waals surface area contributed by atoms with Crippen LogP contribution in [0.3, 0.4) is 0 Å². The van der Waals surface area contributed by atoms with Crippen molar-refractivity contribution in [1.29, 1.82) is 0 Å². The van der Waals surface area contributed by atoms with Crippen molar-refractivity contribution < 1.29 is 24.6 Å². The molecular weight excluding hydrogens is 278 g/mol. The Kier molecular flexibility index (Phi) is 7.90. The molecule has 0 aliphatic heterocycles. The lowest BCUT2D eigenvalue weighted by Gasteiger charge is -2.26. The molecule has 8 heteroatoms. The smallest absolute Gasteiger partial charge is 0.325 e. The number of aliphatic hydroxyl groups is 1. The minimum absolute atomic E-state index is 0.212. The van der Waals surface area contributed by atoms with Crippen LogP contribution in [0.15, 0.2) is 0 Å². The topological polar surface area (TPSA) is 142 Å². The maximum absolute atomic E-state index is 12.1. The van der Waals surface area contributed by atoms with Crippen LogP contribution in [-0.2, 0) is 14.4 Å². The summed E-state index contributed by atoms with van der Waals surface area (Å²) >= 11 is 0. The number of hydrogen-bond acceptors (Lipinski definition) is 5. The van der Waals surface area contributed by atoms with E-state index in [1.807, 2.05) is 6.92 Å². The third kappa shape index (κ3) is 6.09. The molecule has 0 aromatic carbocycles. The molecule has 0 aliphatic rings. The first kappa shape index (κ1) is 19.3. The average Bonchev–Trinajstić information content (AvgIpc) is 2.41. The monoisotopic (exact) mass is 303 g/mol. The lowest BCUT2D eigenvalue weighted by atomic mass is 9.97. The highest BCUT2D eigenvalue weighted by atomic mass is 16.4. The summed E-state index contributed by atoms with van der Waals surface area (Å²) in [5, 5.41) is 22.9. The normalized spacial score (nSPS) is 18.0. The van der Waals surface area contributed by atoms with Crippen molar-refractivity contribution in [1.82, 2.24) is 10.6 Å². The standard InChI is InChI=1S/C13H25N3O5/c1-5-6(2)10(12(19)15-7(3)13(20)21)16-11(18)9(14)8(4)17/h6-10,17H,5,14H2,1-4H3,(H,15,19)(H,16,18)(H,20,21). The molecule has 6 N–H and O–H groups in total. The zero-order valence-electron chi connectivity index (χ0n) is 12.8. The van der Waals surface area contributed by atoms with Crippen LogP contribution in [0.5, 0.6) is 0 Å². The van der Waals surface area contributed by atoms with Crippen molar-refractivity contribution >= 4 is 17.8 Å². The molecule has 0 saturated heterocycles. The molecule has 5 unspecified atom stereocenters. The Morgan fingerprint density at radius 3 is 2.00 bits per heavy atom. The van der Waals surface area contributed by atoms with Gasteiger partial charge in [0.25, 0.3) is 0 Å². The molecule has 5 atom stereocenters. The summed E-state index contributed by atoms with van der Waals surface area (Å²) in [6, 6.07) is -3.12. The van der Waals surface area contributed by atoms with Crippen LogP contribution in [0.2, 0.25) is 0 Å². The van der Waals surface area contributed by atoms with E-state index in [9.17, 15) is 19.5 Å². The molecule has 8 nitrogen and oxygen atoms in total. The van der Waals surface area contributed by atoms with E-state index in [1.165, 1.54) is 13.8 Å². The predicted octanol–water partition coefficient (Wildman–Crippen LogP) is -1.19. The molecule has 0 spiro atoms. The first-order valence-corrected chi connectivity index (χ1v) is 6.88. The van der Waals surface area contributed by atoms with Crippen molar-refractivity contribution in [3.63, 3.8) is 0 Å². The number of rotatable bonds is 8. The molecule has 0 heterocycles. The number of carboxylic acid groups (broad SMARTS) is 1. The summed E-state index contributed by atoms with van der Waals surface area (Å²) in [5.74, 6) is -2.63. The first-order valence-electron chi connectivity index (χ1n) is 6.88. The van der Waals surface area contributed by atoms with E-state index in [2.05, 4.69) is 10.6 Å². The molecule has 0 aliphatic carbocycles. The Bertz CT molecular complexity index is 386. The fourth-order valence-corrected chi connectivity index (χ4v) is 1.54. The molecule has 0 aromatic heterocycles. The van der Waals surface area contributed by atoms with Crippen LogP contribution in [0, 0.1) is 5.92 Å². The number of amides is 2. The second-order valence-electron chi connectivity index (χ2n) is 5.21. The zero-order valence-corrected chi connectivity index (χ0v) is 12.8. The average molecular weight is 303 g/mol. The number of aliphatic carboxylic acids is 1. The summed E-state index contributed by atoms with van der Waals surface area (Å²) in [6.45, 7) is 6.29. The Labute approximate surface area is 124 Å². The number of carbonyl (C=O) groups is 3. The second-order valence-corrected chi connectivity index (χ2v) is 5.21. The number of nitrogens with two attached hydrogens (primary N) is 1. The van der Waals surface area contributed by atoms with Gasteiger partial charge < -0.3 is 26.6 Å². The van der Waals surface area contributed by atoms with Crippen LogP contribution in [0.1, 0.15) is 34.1 Å². The van der Waals surface area contributed by atoms with Crippen molar-refractivity contribution in [2.75, 3.05) is 0 Å². The van der Waals surface area contributed by atoms with E-state index in [0.29, 0.717) is 6.42 Å². The van der Waals surface area contributed by atoms with Crippen LogP contribution in [0.25, 0.3) is 0 Å². The molecule has 122 valence electrons. The van der Waals surface area contributed by atoms with E-state index >= 15 is 0 Å². The first-order chi connectivity index (χ1) is 9.61. The lowest BCUT2D eigenvalue weighted by molar-refractivity contribution is -0.142. The van der Waals surface area contributed by atoms with Crippen molar-refractivity contribution in [3.05, 3.63) is 0 Å². The molecule has 0 bridgehead atoms. The van der Waals surface area contributed by atoms with Gasteiger partial charge in [-0.15, -0.1) is 0 Å². The molecule has 21 heavy (non-hydrogen) atoms. The summed E-state index contributed by atoms with van der Waals surface area (Å²) < 4.78 is 0. The van der Waals surface area contributed by atoms with Gasteiger partial charge in [0.1, 0.15) is 18.1 Å². The van der Waals surface area contributed by atoms with Gasteiger partial charge in [0.15, 0.2) is 0 Å². The maximum atomic E-state index is 12.1. The summed E-state index contributed by atoms with van der Waals surface area (Å²) in [7, 11) is 0. The van der Waals surface area contributed by atoms with Gasteiger partial charge in [-0.05, 0) is 19.8 Å². The SMILES string of the molecule is CCC(C)C(NC(=O)C(N)C(C)O)C(=O)NC(C)C(=O)O. The van der Waals surface area contributed by atoms with Gasteiger partial charge in [-0.1, -0.05) is 20.3 Å². The zero-order chi connectivity index (χ0) is 16.7. The fourth-order valence-electron chi connectivity index (χ4n) is 1.54. The third-order valence-corrected chi connectivity index (χ3v) is 3.34. The molecule has 0 rings (SSSR count).